The first-order valence-electron chi connectivity index (χ1n) is 12.6. The lowest BCUT2D eigenvalue weighted by Crippen LogP contribution is -2.37. The first kappa shape index (κ1) is 28.8. The number of carbonyl (C=O) groups is 2. The lowest BCUT2D eigenvalue weighted by molar-refractivity contribution is -0.122. The Morgan fingerprint density at radius 1 is 0.865 bits per heavy atom. The number of carbonyl (C=O) groups excluding carboxylic acids is 2. The molecular weight excluding hydrogens is 511 g/mol. The molecule has 1 aromatic heterocycles. The van der Waals surface area contributed by atoms with Crippen molar-refractivity contribution in [3.8, 4) is 5.69 Å². The quantitative estimate of drug-likeness (QED) is 0.316. The van der Waals surface area contributed by atoms with Crippen LogP contribution >= 0.6 is 23.2 Å². The number of ketones is 1. The summed E-state index contributed by atoms with van der Waals surface area (Å²) in [4.78, 5) is 30.5. The summed E-state index contributed by atoms with van der Waals surface area (Å²) in [5, 5.41) is 12.6. The zero-order valence-corrected chi connectivity index (χ0v) is 23.3. The molecule has 2 aromatic carbocycles. The molecule has 0 aliphatic rings. The number of hydrogen-bond donors (Lipinski definition) is 1. The Hall–Kier alpha value is -2.78. The van der Waals surface area contributed by atoms with E-state index in [1.807, 2.05) is 23.3 Å². The third-order valence-corrected chi connectivity index (χ3v) is 6.89. The number of hydrogen-bond acceptors (Lipinski definition) is 6. The summed E-state index contributed by atoms with van der Waals surface area (Å²) in [5.74, 6) is 0.812. The van der Waals surface area contributed by atoms with E-state index in [9.17, 15) is 9.59 Å². The Balaban J connectivity index is 2.06. The SMILES string of the molecule is CCN(CC)CC(=O)NCc1nnc(CN(CC)CC)n1-c1ccc(Cl)cc1C(=O)c1ccccc1Cl. The molecule has 198 valence electrons. The smallest absolute Gasteiger partial charge is 0.234 e. The summed E-state index contributed by atoms with van der Waals surface area (Å²) in [7, 11) is 0. The van der Waals surface area contributed by atoms with Crippen molar-refractivity contribution < 1.29 is 9.59 Å². The number of amides is 1. The summed E-state index contributed by atoms with van der Waals surface area (Å²) in [6.45, 7) is 12.4. The van der Waals surface area contributed by atoms with E-state index in [4.69, 9.17) is 23.2 Å². The molecule has 0 fully saturated rings. The monoisotopic (exact) mass is 544 g/mol. The predicted octanol–water partition coefficient (Wildman–Crippen LogP) is 4.60. The van der Waals surface area contributed by atoms with Gasteiger partial charge in [0, 0.05) is 16.1 Å². The molecule has 1 heterocycles. The zero-order valence-electron chi connectivity index (χ0n) is 21.8. The molecule has 37 heavy (non-hydrogen) atoms. The van der Waals surface area contributed by atoms with Crippen LogP contribution in [0.15, 0.2) is 42.5 Å². The minimum atomic E-state index is -0.262. The highest BCUT2D eigenvalue weighted by molar-refractivity contribution is 6.35. The fourth-order valence-electron chi connectivity index (χ4n) is 4.06. The second-order valence-electron chi connectivity index (χ2n) is 8.54. The van der Waals surface area contributed by atoms with Gasteiger partial charge in [-0.25, -0.2) is 0 Å². The number of nitrogens with zero attached hydrogens (tertiary/aromatic N) is 5. The average Bonchev–Trinajstić information content (AvgIpc) is 3.30. The molecule has 3 aromatic rings. The summed E-state index contributed by atoms with van der Waals surface area (Å²) in [5.41, 5.74) is 1.33. The molecule has 0 bridgehead atoms. The average molecular weight is 546 g/mol. The molecule has 3 rings (SSSR count). The Bertz CT molecular complexity index is 1220. The van der Waals surface area contributed by atoms with Crippen LogP contribution in [-0.4, -0.2) is 69.0 Å². The van der Waals surface area contributed by atoms with Gasteiger partial charge in [-0.15, -0.1) is 10.2 Å². The molecule has 0 aliphatic carbocycles. The van der Waals surface area contributed by atoms with Crippen LogP contribution in [0.4, 0.5) is 0 Å². The molecule has 10 heteroatoms. The summed E-state index contributed by atoms with van der Waals surface area (Å²) in [6.07, 6.45) is 0. The van der Waals surface area contributed by atoms with Gasteiger partial charge in [-0.1, -0.05) is 63.0 Å². The first-order chi connectivity index (χ1) is 17.8. The van der Waals surface area contributed by atoms with Crippen molar-refractivity contribution >= 4 is 34.9 Å². The predicted molar refractivity (Wildman–Crippen MR) is 148 cm³/mol. The van der Waals surface area contributed by atoms with Gasteiger partial charge in [0.25, 0.3) is 0 Å². The minimum Gasteiger partial charge on any atom is -0.348 e. The van der Waals surface area contributed by atoms with Gasteiger partial charge < -0.3 is 5.32 Å². The van der Waals surface area contributed by atoms with Crippen molar-refractivity contribution in [2.24, 2.45) is 0 Å². The van der Waals surface area contributed by atoms with E-state index in [1.165, 1.54) is 0 Å². The third-order valence-electron chi connectivity index (χ3n) is 6.32. The van der Waals surface area contributed by atoms with Crippen LogP contribution in [-0.2, 0) is 17.9 Å². The van der Waals surface area contributed by atoms with E-state index in [0.29, 0.717) is 51.6 Å². The first-order valence-corrected chi connectivity index (χ1v) is 13.3. The second-order valence-corrected chi connectivity index (χ2v) is 9.38. The fourth-order valence-corrected chi connectivity index (χ4v) is 4.45. The fraction of sp³-hybridized carbons (Fsp3) is 0.407. The van der Waals surface area contributed by atoms with Gasteiger partial charge in [0.1, 0.15) is 0 Å². The van der Waals surface area contributed by atoms with Crippen molar-refractivity contribution in [1.29, 1.82) is 0 Å². The molecule has 0 aliphatic heterocycles. The molecule has 1 N–H and O–H groups in total. The van der Waals surface area contributed by atoms with Gasteiger partial charge in [-0.3, -0.25) is 24.0 Å². The van der Waals surface area contributed by atoms with Crippen LogP contribution in [0.5, 0.6) is 0 Å². The molecular formula is C27H34Cl2N6O2. The van der Waals surface area contributed by atoms with Crippen molar-refractivity contribution in [3.05, 3.63) is 75.3 Å². The van der Waals surface area contributed by atoms with Gasteiger partial charge >= 0.3 is 0 Å². The number of aromatic nitrogens is 3. The standard InChI is InChI=1S/C27H34Cl2N6O2/c1-5-33(6-2)17-25-32-31-24(16-30-26(36)18-34(7-3)8-4)35(25)23-14-13-19(28)15-21(23)27(37)20-11-9-10-12-22(20)29/h9-15H,5-8,16-18H2,1-4H3,(H,30,36). The highest BCUT2D eigenvalue weighted by atomic mass is 35.5. The van der Waals surface area contributed by atoms with Crippen LogP contribution in [0, 0.1) is 0 Å². The van der Waals surface area contributed by atoms with Gasteiger partial charge in [-0.2, -0.15) is 0 Å². The maximum Gasteiger partial charge on any atom is 0.234 e. The summed E-state index contributed by atoms with van der Waals surface area (Å²) in [6, 6.07) is 12.1. The highest BCUT2D eigenvalue weighted by Crippen LogP contribution is 2.27. The maximum absolute atomic E-state index is 13.7. The zero-order chi connectivity index (χ0) is 26.9. The molecule has 0 saturated carbocycles. The Kier molecular flexibility index (Phi) is 10.6. The van der Waals surface area contributed by atoms with E-state index in [2.05, 4.69) is 34.3 Å². The molecule has 8 nitrogen and oxygen atoms in total. The second kappa shape index (κ2) is 13.7. The minimum absolute atomic E-state index is 0.105. The van der Waals surface area contributed by atoms with Gasteiger partial charge in [-0.05, 0) is 56.5 Å². The van der Waals surface area contributed by atoms with E-state index in [1.54, 1.807) is 42.5 Å². The lowest BCUT2D eigenvalue weighted by Gasteiger charge is -2.20. The van der Waals surface area contributed by atoms with Gasteiger partial charge in [0.15, 0.2) is 17.4 Å². The number of nitrogens with one attached hydrogen (secondary N) is 1. The van der Waals surface area contributed by atoms with E-state index >= 15 is 0 Å². The van der Waals surface area contributed by atoms with Crippen molar-refractivity contribution in [1.82, 2.24) is 29.9 Å². The van der Waals surface area contributed by atoms with Crippen LogP contribution < -0.4 is 5.32 Å². The molecule has 1 amide bonds. The van der Waals surface area contributed by atoms with E-state index in [-0.39, 0.29) is 18.2 Å². The van der Waals surface area contributed by atoms with Crippen LogP contribution in [0.1, 0.15) is 55.3 Å². The molecule has 0 atom stereocenters. The highest BCUT2D eigenvalue weighted by Gasteiger charge is 2.23. The summed E-state index contributed by atoms with van der Waals surface area (Å²) >= 11 is 12.7. The normalized spacial score (nSPS) is 11.4. The van der Waals surface area contributed by atoms with Crippen molar-refractivity contribution in [3.63, 3.8) is 0 Å². The lowest BCUT2D eigenvalue weighted by atomic mass is 10.0. The van der Waals surface area contributed by atoms with Crippen LogP contribution in [0.3, 0.4) is 0 Å². The number of rotatable bonds is 13. The maximum atomic E-state index is 13.7. The van der Waals surface area contributed by atoms with Crippen LogP contribution in [0.2, 0.25) is 10.0 Å². The number of likely N-dealkylation sites (N-methyl/N-ethyl adjacent to an activating group) is 1. The Labute approximate surface area is 228 Å². The molecule has 0 spiro atoms. The van der Waals surface area contributed by atoms with E-state index < -0.39 is 0 Å². The number of benzene rings is 2. The van der Waals surface area contributed by atoms with Crippen molar-refractivity contribution in [2.45, 2.75) is 40.8 Å². The van der Waals surface area contributed by atoms with Crippen LogP contribution in [0.25, 0.3) is 5.69 Å². The third kappa shape index (κ3) is 7.17. The Morgan fingerprint density at radius 2 is 1.51 bits per heavy atom. The van der Waals surface area contributed by atoms with Gasteiger partial charge in [0.2, 0.25) is 5.91 Å². The Morgan fingerprint density at radius 3 is 2.16 bits per heavy atom. The number of halogens is 2. The molecule has 0 unspecified atom stereocenters. The largest absolute Gasteiger partial charge is 0.348 e. The van der Waals surface area contributed by atoms with Crippen molar-refractivity contribution in [2.75, 3.05) is 32.7 Å². The van der Waals surface area contributed by atoms with Gasteiger partial charge in [0.05, 0.1) is 30.3 Å². The molecule has 0 saturated heterocycles. The van der Waals surface area contributed by atoms with E-state index in [0.717, 1.165) is 26.2 Å². The molecule has 0 radical (unpaired) electrons. The topological polar surface area (TPSA) is 83.4 Å². The summed E-state index contributed by atoms with van der Waals surface area (Å²) < 4.78 is 1.84.